The maximum Gasteiger partial charge on any atom is 0.269 e. The van der Waals surface area contributed by atoms with Crippen molar-refractivity contribution in [3.63, 3.8) is 0 Å². The fourth-order valence-electron chi connectivity index (χ4n) is 2.66. The first-order valence-electron chi connectivity index (χ1n) is 7.38. The number of rotatable bonds is 4. The number of benzene rings is 2. The second-order valence-corrected chi connectivity index (χ2v) is 5.60. The highest BCUT2D eigenvalue weighted by atomic mass is 16.6. The number of nitro groups is 1. The zero-order valence-corrected chi connectivity index (χ0v) is 12.8. The Morgan fingerprint density at radius 2 is 1.87 bits per heavy atom. The number of hydrazone groups is 1. The summed E-state index contributed by atoms with van der Waals surface area (Å²) in [5.41, 5.74) is 3.95. The third kappa shape index (κ3) is 2.99. The van der Waals surface area contributed by atoms with Crippen molar-refractivity contribution in [3.05, 3.63) is 82.4 Å². The predicted molar refractivity (Wildman–Crippen MR) is 91.8 cm³/mol. The van der Waals surface area contributed by atoms with E-state index in [1.165, 1.54) is 12.1 Å². The van der Waals surface area contributed by atoms with Crippen LogP contribution < -0.4 is 5.01 Å². The standard InChI is InChI=1S/C18H17N3O2/c1-13(2)18-12-17(14-8-10-16(11-9-14)21(22)23)19-20(18)15-6-4-3-5-7-15/h3-11,18H,1,12H2,2H3/t18-/m0/s1. The summed E-state index contributed by atoms with van der Waals surface area (Å²) in [5.74, 6) is 0. The summed E-state index contributed by atoms with van der Waals surface area (Å²) in [5, 5.41) is 17.5. The van der Waals surface area contributed by atoms with Crippen LogP contribution in [-0.4, -0.2) is 16.7 Å². The fourth-order valence-corrected chi connectivity index (χ4v) is 2.66. The van der Waals surface area contributed by atoms with Crippen molar-refractivity contribution in [3.8, 4) is 0 Å². The molecule has 3 rings (SSSR count). The summed E-state index contributed by atoms with van der Waals surface area (Å²) in [6.07, 6.45) is 0.738. The Morgan fingerprint density at radius 1 is 1.22 bits per heavy atom. The molecule has 0 aliphatic carbocycles. The number of non-ortho nitro benzene ring substituents is 1. The first-order valence-corrected chi connectivity index (χ1v) is 7.38. The van der Waals surface area contributed by atoms with Crippen LogP contribution in [0.4, 0.5) is 11.4 Å². The number of nitrogens with zero attached hydrogens (tertiary/aromatic N) is 3. The molecular weight excluding hydrogens is 290 g/mol. The minimum absolute atomic E-state index is 0.0868. The fraction of sp³-hybridized carbons (Fsp3) is 0.167. The van der Waals surface area contributed by atoms with Crippen LogP contribution >= 0.6 is 0 Å². The molecule has 0 bridgehead atoms. The molecule has 1 aliphatic rings. The van der Waals surface area contributed by atoms with Crippen LogP contribution in [0.2, 0.25) is 0 Å². The molecule has 0 radical (unpaired) electrons. The molecule has 116 valence electrons. The van der Waals surface area contributed by atoms with Gasteiger partial charge in [0, 0.05) is 18.6 Å². The molecule has 0 fully saturated rings. The van der Waals surface area contributed by atoms with Gasteiger partial charge in [0.05, 0.1) is 22.4 Å². The summed E-state index contributed by atoms with van der Waals surface area (Å²) >= 11 is 0. The smallest absolute Gasteiger partial charge is 0.258 e. The molecule has 5 heteroatoms. The van der Waals surface area contributed by atoms with Crippen molar-refractivity contribution in [1.29, 1.82) is 0 Å². The van der Waals surface area contributed by atoms with Crippen molar-refractivity contribution in [1.82, 2.24) is 0 Å². The molecule has 5 nitrogen and oxygen atoms in total. The maximum atomic E-state index is 10.8. The molecule has 0 N–H and O–H groups in total. The lowest BCUT2D eigenvalue weighted by Crippen LogP contribution is -2.26. The van der Waals surface area contributed by atoms with Gasteiger partial charge in [-0.15, -0.1) is 0 Å². The third-order valence-corrected chi connectivity index (χ3v) is 3.91. The first kappa shape index (κ1) is 15.0. The molecule has 1 atom stereocenters. The molecule has 0 aromatic heterocycles. The number of para-hydroxylation sites is 1. The average Bonchev–Trinajstić information content (AvgIpc) is 3.01. The summed E-state index contributed by atoms with van der Waals surface area (Å²) in [6, 6.07) is 16.6. The minimum atomic E-state index is -0.396. The lowest BCUT2D eigenvalue weighted by molar-refractivity contribution is -0.384. The van der Waals surface area contributed by atoms with Gasteiger partial charge >= 0.3 is 0 Å². The Bertz CT molecular complexity index is 767. The van der Waals surface area contributed by atoms with Gasteiger partial charge in [-0.25, -0.2) is 0 Å². The van der Waals surface area contributed by atoms with E-state index in [-0.39, 0.29) is 11.7 Å². The van der Waals surface area contributed by atoms with Crippen LogP contribution in [-0.2, 0) is 0 Å². The van der Waals surface area contributed by atoms with Gasteiger partial charge < -0.3 is 0 Å². The topological polar surface area (TPSA) is 58.7 Å². The van der Waals surface area contributed by atoms with Crippen LogP contribution in [0.5, 0.6) is 0 Å². The Balaban J connectivity index is 1.94. The Morgan fingerprint density at radius 3 is 2.43 bits per heavy atom. The number of anilines is 1. The quantitative estimate of drug-likeness (QED) is 0.484. The largest absolute Gasteiger partial charge is 0.269 e. The Kier molecular flexibility index (Phi) is 3.93. The second-order valence-electron chi connectivity index (χ2n) is 5.60. The van der Waals surface area contributed by atoms with E-state index < -0.39 is 4.92 Å². The third-order valence-electron chi connectivity index (χ3n) is 3.91. The summed E-state index contributed by atoms with van der Waals surface area (Å²) in [7, 11) is 0. The van der Waals surface area contributed by atoms with E-state index in [1.54, 1.807) is 12.1 Å². The van der Waals surface area contributed by atoms with Gasteiger partial charge in [0.15, 0.2) is 0 Å². The van der Waals surface area contributed by atoms with Crippen molar-refractivity contribution in [2.24, 2.45) is 5.10 Å². The van der Waals surface area contributed by atoms with E-state index >= 15 is 0 Å². The Hall–Kier alpha value is -2.95. The molecule has 0 saturated carbocycles. The van der Waals surface area contributed by atoms with Crippen LogP contribution in [0.1, 0.15) is 18.9 Å². The van der Waals surface area contributed by atoms with Gasteiger partial charge in [-0.3, -0.25) is 15.1 Å². The van der Waals surface area contributed by atoms with Crippen molar-refractivity contribution in [2.75, 3.05) is 5.01 Å². The molecule has 0 saturated heterocycles. The van der Waals surface area contributed by atoms with E-state index in [0.29, 0.717) is 0 Å². The molecular formula is C18H17N3O2. The Labute approximate surface area is 134 Å². The molecule has 2 aromatic rings. The van der Waals surface area contributed by atoms with E-state index in [0.717, 1.165) is 29.0 Å². The minimum Gasteiger partial charge on any atom is -0.258 e. The highest BCUT2D eigenvalue weighted by molar-refractivity contribution is 6.03. The number of nitro benzene ring substituents is 1. The van der Waals surface area contributed by atoms with Gasteiger partial charge in [0.2, 0.25) is 0 Å². The molecule has 0 unspecified atom stereocenters. The van der Waals surface area contributed by atoms with Crippen molar-refractivity contribution in [2.45, 2.75) is 19.4 Å². The predicted octanol–water partition coefficient (Wildman–Crippen LogP) is 4.15. The maximum absolute atomic E-state index is 10.8. The number of hydrogen-bond acceptors (Lipinski definition) is 4. The highest BCUT2D eigenvalue weighted by Gasteiger charge is 2.29. The molecule has 1 heterocycles. The van der Waals surface area contributed by atoms with Gasteiger partial charge in [-0.2, -0.15) is 5.10 Å². The van der Waals surface area contributed by atoms with E-state index in [4.69, 9.17) is 5.10 Å². The monoisotopic (exact) mass is 307 g/mol. The van der Waals surface area contributed by atoms with Crippen LogP contribution in [0.15, 0.2) is 71.9 Å². The van der Waals surface area contributed by atoms with Crippen molar-refractivity contribution < 1.29 is 4.92 Å². The van der Waals surface area contributed by atoms with E-state index in [9.17, 15) is 10.1 Å². The van der Waals surface area contributed by atoms with Crippen molar-refractivity contribution >= 4 is 17.1 Å². The molecule has 2 aromatic carbocycles. The van der Waals surface area contributed by atoms with Crippen LogP contribution in [0.3, 0.4) is 0 Å². The molecule has 0 spiro atoms. The van der Waals surface area contributed by atoms with E-state index in [2.05, 4.69) is 6.58 Å². The lowest BCUT2D eigenvalue weighted by atomic mass is 10.00. The second kappa shape index (κ2) is 6.04. The molecule has 0 amide bonds. The summed E-state index contributed by atoms with van der Waals surface area (Å²) < 4.78 is 0. The van der Waals surface area contributed by atoms with Gasteiger partial charge in [0.1, 0.15) is 0 Å². The average molecular weight is 307 g/mol. The van der Waals surface area contributed by atoms with Gasteiger partial charge in [-0.1, -0.05) is 30.4 Å². The highest BCUT2D eigenvalue weighted by Crippen LogP contribution is 2.30. The normalized spacial score (nSPS) is 17.0. The first-order chi connectivity index (χ1) is 11.1. The van der Waals surface area contributed by atoms with Gasteiger partial charge in [-0.05, 0) is 36.8 Å². The summed E-state index contributed by atoms with van der Waals surface area (Å²) in [6.45, 7) is 6.07. The van der Waals surface area contributed by atoms with Crippen LogP contribution in [0, 0.1) is 10.1 Å². The van der Waals surface area contributed by atoms with E-state index in [1.807, 2.05) is 42.3 Å². The number of hydrogen-bond donors (Lipinski definition) is 0. The SMILES string of the molecule is C=C(C)[C@@H]1CC(c2ccc([N+](=O)[O-])cc2)=NN1c1ccccc1. The summed E-state index contributed by atoms with van der Waals surface area (Å²) in [4.78, 5) is 10.4. The van der Waals surface area contributed by atoms with Crippen LogP contribution in [0.25, 0.3) is 0 Å². The molecule has 1 aliphatic heterocycles. The lowest BCUT2D eigenvalue weighted by Gasteiger charge is -2.23. The zero-order chi connectivity index (χ0) is 16.4. The zero-order valence-electron chi connectivity index (χ0n) is 12.8. The van der Waals surface area contributed by atoms with Gasteiger partial charge in [0.25, 0.3) is 5.69 Å². The molecule has 23 heavy (non-hydrogen) atoms.